The van der Waals surface area contributed by atoms with Crippen molar-refractivity contribution in [1.82, 2.24) is 0 Å². The summed E-state index contributed by atoms with van der Waals surface area (Å²) >= 11 is 0. The van der Waals surface area contributed by atoms with Crippen LogP contribution in [0.15, 0.2) is 217 Å². The van der Waals surface area contributed by atoms with Gasteiger partial charge in [-0.3, -0.25) is 0 Å². The van der Waals surface area contributed by atoms with E-state index in [2.05, 4.69) is 211 Å². The summed E-state index contributed by atoms with van der Waals surface area (Å²) in [5.41, 5.74) is 14.3. The van der Waals surface area contributed by atoms with Crippen LogP contribution in [-0.2, 0) is 0 Å². The van der Waals surface area contributed by atoms with Crippen LogP contribution in [0, 0.1) is 0 Å². The molecule has 0 radical (unpaired) electrons. The molecule has 254 valence electrons. The van der Waals surface area contributed by atoms with Gasteiger partial charge in [-0.2, -0.15) is 0 Å². The van der Waals surface area contributed by atoms with Gasteiger partial charge in [-0.05, 0) is 92.2 Å². The molecule has 0 aliphatic heterocycles. The van der Waals surface area contributed by atoms with Gasteiger partial charge >= 0.3 is 0 Å². The number of hydrogen-bond donors (Lipinski definition) is 0. The fourth-order valence-corrected chi connectivity index (χ4v) is 7.96. The molecular formula is C52H35NO. The second-order valence-electron chi connectivity index (χ2n) is 13.7. The molecule has 0 spiro atoms. The van der Waals surface area contributed by atoms with Gasteiger partial charge in [0.05, 0.1) is 16.8 Å². The van der Waals surface area contributed by atoms with Crippen molar-refractivity contribution >= 4 is 49.8 Å². The van der Waals surface area contributed by atoms with Crippen LogP contribution in [0.5, 0.6) is 0 Å². The van der Waals surface area contributed by atoms with Crippen LogP contribution in [0.2, 0.25) is 0 Å². The van der Waals surface area contributed by atoms with Crippen molar-refractivity contribution in [2.24, 2.45) is 0 Å². The van der Waals surface area contributed by atoms with Crippen molar-refractivity contribution in [2.45, 2.75) is 0 Å². The first kappa shape index (κ1) is 31.6. The van der Waals surface area contributed by atoms with Gasteiger partial charge in [0, 0.05) is 16.6 Å². The summed E-state index contributed by atoms with van der Waals surface area (Å²) in [4.78, 5) is 2.43. The van der Waals surface area contributed by atoms with Gasteiger partial charge in [0.25, 0.3) is 0 Å². The van der Waals surface area contributed by atoms with Crippen LogP contribution < -0.4 is 4.90 Å². The zero-order valence-corrected chi connectivity index (χ0v) is 29.6. The van der Waals surface area contributed by atoms with E-state index in [9.17, 15) is 0 Å². The molecular weight excluding hydrogens is 655 g/mol. The minimum Gasteiger partial charge on any atom is -0.456 e. The van der Waals surface area contributed by atoms with Crippen molar-refractivity contribution in [3.63, 3.8) is 0 Å². The summed E-state index contributed by atoms with van der Waals surface area (Å²) in [6.45, 7) is 0. The Bertz CT molecular complexity index is 2920. The van der Waals surface area contributed by atoms with Gasteiger partial charge in [0.2, 0.25) is 0 Å². The summed E-state index contributed by atoms with van der Waals surface area (Å²) in [7, 11) is 0. The summed E-state index contributed by atoms with van der Waals surface area (Å²) in [6, 6.07) is 76.0. The van der Waals surface area contributed by atoms with E-state index >= 15 is 0 Å². The summed E-state index contributed by atoms with van der Waals surface area (Å²) < 4.78 is 6.49. The van der Waals surface area contributed by atoms with Gasteiger partial charge in [-0.1, -0.05) is 170 Å². The average Bonchev–Trinajstić information content (AvgIpc) is 3.64. The lowest BCUT2D eigenvalue weighted by Crippen LogP contribution is -2.12. The Morgan fingerprint density at radius 1 is 0.333 bits per heavy atom. The number of para-hydroxylation sites is 1. The van der Waals surface area contributed by atoms with Crippen LogP contribution in [0.25, 0.3) is 77.2 Å². The van der Waals surface area contributed by atoms with Crippen LogP contribution >= 0.6 is 0 Å². The number of anilines is 3. The summed E-state index contributed by atoms with van der Waals surface area (Å²) in [6.07, 6.45) is 0. The SMILES string of the molecule is c1ccc(-c2ccccc2-c2c(-c3ccccc3)cccc2N(c2ccc(-c3ccc4ccccc4c3)cc2)c2cccc3oc4ccccc4c23)cc1. The van der Waals surface area contributed by atoms with Crippen LogP contribution in [-0.4, -0.2) is 0 Å². The van der Waals surface area contributed by atoms with E-state index in [0.29, 0.717) is 0 Å². The van der Waals surface area contributed by atoms with Crippen LogP contribution in [0.4, 0.5) is 17.1 Å². The Kier molecular flexibility index (Phi) is 7.85. The standard InChI is InChI=1S/C52H35NO/c1-3-16-38(17-4-1)43-21-9-10-22-45(43)51-44(39-18-5-2-6-19-39)24-13-25-47(51)53(48-26-14-28-50-52(48)46-23-11-12-27-49(46)54-50)42-33-31-37(32-34-42)41-30-29-36-15-7-8-20-40(36)35-41/h1-35H. The molecule has 0 aliphatic rings. The maximum atomic E-state index is 6.49. The molecule has 54 heavy (non-hydrogen) atoms. The van der Waals surface area contributed by atoms with Crippen molar-refractivity contribution < 1.29 is 4.42 Å². The zero-order chi connectivity index (χ0) is 35.8. The van der Waals surface area contributed by atoms with E-state index in [1.165, 1.54) is 44.2 Å². The molecule has 2 heteroatoms. The maximum absolute atomic E-state index is 6.49. The lowest BCUT2D eigenvalue weighted by atomic mass is 9.87. The Labute approximate surface area is 314 Å². The number of benzene rings is 9. The maximum Gasteiger partial charge on any atom is 0.137 e. The number of rotatable bonds is 7. The van der Waals surface area contributed by atoms with E-state index in [1.807, 2.05) is 6.07 Å². The highest BCUT2D eigenvalue weighted by Gasteiger charge is 2.25. The number of furan rings is 1. The molecule has 0 amide bonds. The van der Waals surface area contributed by atoms with E-state index in [0.717, 1.165) is 50.1 Å². The minimum atomic E-state index is 0.858. The molecule has 0 saturated carbocycles. The Morgan fingerprint density at radius 2 is 0.907 bits per heavy atom. The predicted molar refractivity (Wildman–Crippen MR) is 228 cm³/mol. The zero-order valence-electron chi connectivity index (χ0n) is 29.6. The number of fused-ring (bicyclic) bond motifs is 4. The normalized spacial score (nSPS) is 11.3. The Balaban J connectivity index is 1.26. The van der Waals surface area contributed by atoms with Gasteiger partial charge in [0.15, 0.2) is 0 Å². The third kappa shape index (κ3) is 5.53. The molecule has 1 aromatic heterocycles. The lowest BCUT2D eigenvalue weighted by Gasteiger charge is -2.30. The Hall–Kier alpha value is -7.16. The van der Waals surface area contributed by atoms with E-state index in [4.69, 9.17) is 4.42 Å². The molecule has 0 saturated heterocycles. The van der Waals surface area contributed by atoms with E-state index in [1.54, 1.807) is 0 Å². The quantitative estimate of drug-likeness (QED) is 0.166. The monoisotopic (exact) mass is 689 g/mol. The summed E-state index contributed by atoms with van der Waals surface area (Å²) in [5.74, 6) is 0. The molecule has 1 heterocycles. The molecule has 10 aromatic rings. The highest BCUT2D eigenvalue weighted by atomic mass is 16.3. The average molecular weight is 690 g/mol. The van der Waals surface area contributed by atoms with E-state index in [-0.39, 0.29) is 0 Å². The van der Waals surface area contributed by atoms with Crippen LogP contribution in [0.1, 0.15) is 0 Å². The third-order valence-electron chi connectivity index (χ3n) is 10.5. The molecule has 9 aromatic carbocycles. The predicted octanol–water partition coefficient (Wildman–Crippen LogP) is 14.9. The highest BCUT2D eigenvalue weighted by Crippen LogP contribution is 2.50. The van der Waals surface area contributed by atoms with Crippen molar-refractivity contribution in [3.8, 4) is 44.5 Å². The third-order valence-corrected chi connectivity index (χ3v) is 10.5. The second kappa shape index (κ2) is 13.4. The molecule has 0 N–H and O–H groups in total. The fraction of sp³-hybridized carbons (Fsp3) is 0. The number of nitrogens with zero attached hydrogens (tertiary/aromatic N) is 1. The topological polar surface area (TPSA) is 16.4 Å². The second-order valence-corrected chi connectivity index (χ2v) is 13.7. The summed E-state index contributed by atoms with van der Waals surface area (Å²) in [5, 5.41) is 4.65. The molecule has 2 nitrogen and oxygen atoms in total. The Morgan fingerprint density at radius 3 is 1.70 bits per heavy atom. The van der Waals surface area contributed by atoms with Crippen molar-refractivity contribution in [3.05, 3.63) is 212 Å². The molecule has 0 unspecified atom stereocenters. The minimum absolute atomic E-state index is 0.858. The first-order chi connectivity index (χ1) is 26.8. The van der Waals surface area contributed by atoms with Crippen LogP contribution in [0.3, 0.4) is 0 Å². The van der Waals surface area contributed by atoms with Gasteiger partial charge < -0.3 is 9.32 Å². The highest BCUT2D eigenvalue weighted by molar-refractivity contribution is 6.14. The van der Waals surface area contributed by atoms with Gasteiger partial charge in [0.1, 0.15) is 11.2 Å². The molecule has 10 rings (SSSR count). The molecule has 0 bridgehead atoms. The molecule has 0 fully saturated rings. The van der Waals surface area contributed by atoms with Gasteiger partial charge in [-0.25, -0.2) is 0 Å². The van der Waals surface area contributed by atoms with Gasteiger partial charge in [-0.15, -0.1) is 0 Å². The first-order valence-electron chi connectivity index (χ1n) is 18.4. The van der Waals surface area contributed by atoms with Crippen molar-refractivity contribution in [2.75, 3.05) is 4.90 Å². The molecule has 0 atom stereocenters. The van der Waals surface area contributed by atoms with E-state index < -0.39 is 0 Å². The smallest absolute Gasteiger partial charge is 0.137 e. The van der Waals surface area contributed by atoms with Crippen molar-refractivity contribution in [1.29, 1.82) is 0 Å². The largest absolute Gasteiger partial charge is 0.456 e. The first-order valence-corrected chi connectivity index (χ1v) is 18.4. The lowest BCUT2D eigenvalue weighted by molar-refractivity contribution is 0.669. The molecule has 0 aliphatic carbocycles. The fourth-order valence-electron chi connectivity index (χ4n) is 7.96. The number of hydrogen-bond acceptors (Lipinski definition) is 2.